The lowest BCUT2D eigenvalue weighted by molar-refractivity contribution is -0.144. The van der Waals surface area contributed by atoms with Gasteiger partial charge in [0.1, 0.15) is 0 Å². The number of aromatic nitrogens is 4. The molecule has 0 aliphatic rings. The highest BCUT2D eigenvalue weighted by Crippen LogP contribution is 2.32. The molecule has 0 bridgehead atoms. The normalized spacial score (nSPS) is 13.0. The summed E-state index contributed by atoms with van der Waals surface area (Å²) >= 11 is 0. The van der Waals surface area contributed by atoms with Crippen LogP contribution in [0.5, 0.6) is 0 Å². The van der Waals surface area contributed by atoms with Crippen LogP contribution >= 0.6 is 0 Å². The summed E-state index contributed by atoms with van der Waals surface area (Å²) in [7, 11) is 0. The molecule has 2 N–H and O–H groups in total. The molecule has 0 fully saturated rings. The molecule has 0 aliphatic carbocycles. The Morgan fingerprint density at radius 2 is 1.00 bits per heavy atom. The van der Waals surface area contributed by atoms with Gasteiger partial charge in [0.2, 0.25) is 11.6 Å². The van der Waals surface area contributed by atoms with E-state index in [2.05, 4.69) is 19.9 Å². The smallest absolute Gasteiger partial charge is 0.334 e. The number of H-pyrrole nitrogens is 2. The molecule has 2 heterocycles. The zero-order chi connectivity index (χ0) is 18.7. The lowest BCUT2D eigenvalue weighted by atomic mass is 10.0. The Balaban J connectivity index is 1.79. The Hall–Kier alpha value is -3.04. The van der Waals surface area contributed by atoms with Gasteiger partial charge in [0.05, 0.1) is 22.1 Å². The Kier molecular flexibility index (Phi) is 3.30. The molecule has 2 aromatic carbocycles. The summed E-state index contributed by atoms with van der Waals surface area (Å²) in [5.41, 5.74) is 1.69. The van der Waals surface area contributed by atoms with Crippen molar-refractivity contribution in [1.82, 2.24) is 19.9 Å². The van der Waals surface area contributed by atoms with Crippen LogP contribution in [-0.2, 0) is 12.4 Å². The SMILES string of the molecule is FC(F)(F)c1nc2ccc(-c3ccc4nc(C(F)(F)F)[nH]c4c3)cc2[nH]1. The second-order valence-corrected chi connectivity index (χ2v) is 5.63. The van der Waals surface area contributed by atoms with E-state index in [0.29, 0.717) is 11.1 Å². The lowest BCUT2D eigenvalue weighted by Crippen LogP contribution is -2.06. The first-order valence-corrected chi connectivity index (χ1v) is 7.25. The van der Waals surface area contributed by atoms with Crippen molar-refractivity contribution >= 4 is 22.1 Å². The number of nitrogens with one attached hydrogen (secondary N) is 2. The van der Waals surface area contributed by atoms with Gasteiger partial charge in [0.25, 0.3) is 0 Å². The number of rotatable bonds is 1. The number of aromatic amines is 2. The molecular weight excluding hydrogens is 362 g/mol. The molecule has 0 amide bonds. The Bertz CT molecular complexity index is 1030. The second-order valence-electron chi connectivity index (χ2n) is 5.63. The maximum absolute atomic E-state index is 12.7. The third kappa shape index (κ3) is 2.76. The van der Waals surface area contributed by atoms with Crippen LogP contribution < -0.4 is 0 Å². The minimum Gasteiger partial charge on any atom is -0.334 e. The first-order valence-electron chi connectivity index (χ1n) is 7.25. The average Bonchev–Trinajstić information content (AvgIpc) is 3.16. The van der Waals surface area contributed by atoms with Crippen molar-refractivity contribution in [1.29, 1.82) is 0 Å². The second kappa shape index (κ2) is 5.23. The number of nitrogens with zero attached hydrogens (tertiary/aromatic N) is 2. The van der Waals surface area contributed by atoms with Gasteiger partial charge in [-0.15, -0.1) is 0 Å². The monoisotopic (exact) mass is 370 g/mol. The molecule has 2 aromatic heterocycles. The van der Waals surface area contributed by atoms with E-state index in [0.717, 1.165) is 0 Å². The van der Waals surface area contributed by atoms with E-state index in [1.54, 1.807) is 12.1 Å². The van der Waals surface area contributed by atoms with Crippen LogP contribution in [0.1, 0.15) is 11.6 Å². The van der Waals surface area contributed by atoms with Crippen molar-refractivity contribution < 1.29 is 26.3 Å². The van der Waals surface area contributed by atoms with Gasteiger partial charge in [-0.25, -0.2) is 9.97 Å². The highest BCUT2D eigenvalue weighted by Gasteiger charge is 2.35. The molecule has 26 heavy (non-hydrogen) atoms. The summed E-state index contributed by atoms with van der Waals surface area (Å²) in [5, 5.41) is 0. The molecule has 0 aliphatic heterocycles. The predicted molar refractivity (Wildman–Crippen MR) is 81.2 cm³/mol. The fraction of sp³-hybridized carbons (Fsp3) is 0.125. The van der Waals surface area contributed by atoms with E-state index in [1.165, 1.54) is 24.3 Å². The minimum absolute atomic E-state index is 0.142. The number of fused-ring (bicyclic) bond motifs is 2. The molecule has 0 atom stereocenters. The van der Waals surface area contributed by atoms with Gasteiger partial charge in [0, 0.05) is 0 Å². The summed E-state index contributed by atoms with van der Waals surface area (Å²) in [6.07, 6.45) is -9.19. The number of alkyl halides is 6. The molecule has 0 saturated heterocycles. The Morgan fingerprint density at radius 1 is 0.615 bits per heavy atom. The topological polar surface area (TPSA) is 57.4 Å². The average molecular weight is 370 g/mol. The molecule has 4 rings (SSSR count). The summed E-state index contributed by atoms with van der Waals surface area (Å²) in [6, 6.07) is 8.83. The van der Waals surface area contributed by atoms with Gasteiger partial charge >= 0.3 is 12.4 Å². The fourth-order valence-electron chi connectivity index (χ4n) is 2.65. The van der Waals surface area contributed by atoms with Crippen LogP contribution in [0.25, 0.3) is 33.2 Å². The van der Waals surface area contributed by atoms with Crippen LogP contribution in [0.3, 0.4) is 0 Å². The van der Waals surface area contributed by atoms with Gasteiger partial charge in [-0.1, -0.05) is 12.1 Å². The minimum atomic E-state index is -4.60. The third-order valence-corrected chi connectivity index (χ3v) is 3.83. The summed E-state index contributed by atoms with van der Waals surface area (Å²) in [5.74, 6) is -2.22. The van der Waals surface area contributed by atoms with Gasteiger partial charge in [-0.05, 0) is 35.4 Å². The first-order chi connectivity index (χ1) is 12.1. The van der Waals surface area contributed by atoms with E-state index in [1.807, 2.05) is 0 Å². The zero-order valence-electron chi connectivity index (χ0n) is 12.6. The number of hydrogen-bond donors (Lipinski definition) is 2. The molecule has 0 saturated carbocycles. The summed E-state index contributed by atoms with van der Waals surface area (Å²) in [4.78, 5) is 11.4. The van der Waals surface area contributed by atoms with Crippen molar-refractivity contribution in [3.05, 3.63) is 48.0 Å². The fourth-order valence-corrected chi connectivity index (χ4v) is 2.65. The van der Waals surface area contributed by atoms with Crippen LogP contribution in [0.4, 0.5) is 26.3 Å². The van der Waals surface area contributed by atoms with E-state index in [4.69, 9.17) is 0 Å². The maximum Gasteiger partial charge on any atom is 0.449 e. The van der Waals surface area contributed by atoms with Gasteiger partial charge in [0.15, 0.2) is 0 Å². The molecule has 0 unspecified atom stereocenters. The van der Waals surface area contributed by atoms with Gasteiger partial charge in [-0.3, -0.25) is 0 Å². The molecular formula is C16H8F6N4. The van der Waals surface area contributed by atoms with Crippen molar-refractivity contribution in [3.63, 3.8) is 0 Å². The molecule has 4 nitrogen and oxygen atoms in total. The standard InChI is InChI=1S/C16H8F6N4/c17-15(18,19)13-23-9-3-1-7(5-11(9)25-13)8-2-4-10-12(6-8)26-14(24-10)16(20,21)22/h1-6H,(H,23,25)(H,24,26). The maximum atomic E-state index is 12.7. The van der Waals surface area contributed by atoms with Crippen molar-refractivity contribution in [3.8, 4) is 11.1 Å². The number of hydrogen-bond acceptors (Lipinski definition) is 2. The lowest BCUT2D eigenvalue weighted by Gasteiger charge is -2.02. The van der Waals surface area contributed by atoms with E-state index in [-0.39, 0.29) is 22.1 Å². The first kappa shape index (κ1) is 16.4. The molecule has 134 valence electrons. The van der Waals surface area contributed by atoms with Crippen molar-refractivity contribution in [2.45, 2.75) is 12.4 Å². The van der Waals surface area contributed by atoms with E-state index < -0.39 is 24.0 Å². The van der Waals surface area contributed by atoms with Crippen LogP contribution in [0.15, 0.2) is 36.4 Å². The third-order valence-electron chi connectivity index (χ3n) is 3.83. The molecule has 0 spiro atoms. The highest BCUT2D eigenvalue weighted by atomic mass is 19.4. The highest BCUT2D eigenvalue weighted by molar-refractivity contribution is 5.86. The van der Waals surface area contributed by atoms with Crippen molar-refractivity contribution in [2.75, 3.05) is 0 Å². The number of benzene rings is 2. The summed E-state index contributed by atoms with van der Waals surface area (Å²) < 4.78 is 76.4. The molecule has 4 aromatic rings. The van der Waals surface area contributed by atoms with E-state index >= 15 is 0 Å². The predicted octanol–water partition coefficient (Wildman–Crippen LogP) is 5.14. The van der Waals surface area contributed by atoms with E-state index in [9.17, 15) is 26.3 Å². The summed E-state index contributed by atoms with van der Waals surface area (Å²) in [6.45, 7) is 0. The van der Waals surface area contributed by atoms with Gasteiger partial charge < -0.3 is 9.97 Å². The Labute approximate surface area is 140 Å². The zero-order valence-corrected chi connectivity index (χ0v) is 12.6. The molecule has 10 heteroatoms. The van der Waals surface area contributed by atoms with Crippen molar-refractivity contribution in [2.24, 2.45) is 0 Å². The Morgan fingerprint density at radius 3 is 1.35 bits per heavy atom. The number of imidazole rings is 2. The van der Waals surface area contributed by atoms with Crippen LogP contribution in [0.2, 0.25) is 0 Å². The largest absolute Gasteiger partial charge is 0.449 e. The van der Waals surface area contributed by atoms with Crippen LogP contribution in [0, 0.1) is 0 Å². The molecule has 0 radical (unpaired) electrons. The number of halogens is 6. The van der Waals surface area contributed by atoms with Gasteiger partial charge in [-0.2, -0.15) is 26.3 Å². The quantitative estimate of drug-likeness (QED) is 0.456. The van der Waals surface area contributed by atoms with Crippen LogP contribution in [-0.4, -0.2) is 19.9 Å².